The predicted octanol–water partition coefficient (Wildman–Crippen LogP) is -0.0791. The summed E-state index contributed by atoms with van der Waals surface area (Å²) in [5, 5.41) is 0. The van der Waals surface area contributed by atoms with Crippen LogP contribution in [0.5, 0.6) is 0 Å². The van der Waals surface area contributed by atoms with Crippen LogP contribution >= 0.6 is 0 Å². The molecule has 1 fully saturated rings. The molecular weight excluding hydrogens is 126 g/mol. The fourth-order valence-electron chi connectivity index (χ4n) is 1.26. The van der Waals surface area contributed by atoms with Crippen molar-refractivity contribution in [3.05, 3.63) is 0 Å². The van der Waals surface area contributed by atoms with Gasteiger partial charge < -0.3 is 11.5 Å². The third-order valence-electron chi connectivity index (χ3n) is 2.26. The Morgan fingerprint density at radius 2 is 1.80 bits per heavy atom. The minimum atomic E-state index is 0.604. The first-order valence-corrected chi connectivity index (χ1v) is 3.99. The van der Waals surface area contributed by atoms with Crippen molar-refractivity contribution in [3.63, 3.8) is 0 Å². The van der Waals surface area contributed by atoms with Crippen LogP contribution in [-0.4, -0.2) is 24.8 Å². The van der Waals surface area contributed by atoms with Crippen molar-refractivity contribution in [2.45, 2.75) is 19.3 Å². The fraction of sp³-hybridized carbons (Fsp3) is 1.00. The summed E-state index contributed by atoms with van der Waals surface area (Å²) in [5.74, 6) is 0.882. The Labute approximate surface area is 62.4 Å². The molecule has 0 aliphatic heterocycles. The van der Waals surface area contributed by atoms with Crippen LogP contribution in [0.1, 0.15) is 19.3 Å². The van der Waals surface area contributed by atoms with E-state index in [1.165, 1.54) is 19.3 Å². The van der Waals surface area contributed by atoms with E-state index in [1.807, 2.05) is 0 Å². The highest BCUT2D eigenvalue weighted by molar-refractivity contribution is 4.72. The standard InChI is InChI=1S/C7H17N3/c8-5-10(6-9)4-7-2-1-3-7/h7H,1-6,8-9H2. The lowest BCUT2D eigenvalue weighted by molar-refractivity contribution is 0.184. The van der Waals surface area contributed by atoms with Crippen LogP contribution in [0, 0.1) is 5.92 Å². The molecule has 1 aliphatic carbocycles. The van der Waals surface area contributed by atoms with Gasteiger partial charge in [0.25, 0.3) is 0 Å². The van der Waals surface area contributed by atoms with E-state index in [9.17, 15) is 0 Å². The summed E-state index contributed by atoms with van der Waals surface area (Å²) < 4.78 is 0. The summed E-state index contributed by atoms with van der Waals surface area (Å²) >= 11 is 0. The van der Waals surface area contributed by atoms with Gasteiger partial charge in [0, 0.05) is 19.9 Å². The Bertz CT molecular complexity index is 86.9. The van der Waals surface area contributed by atoms with Crippen molar-refractivity contribution in [3.8, 4) is 0 Å². The second kappa shape index (κ2) is 3.91. The molecule has 0 aromatic rings. The maximum absolute atomic E-state index is 5.46. The van der Waals surface area contributed by atoms with Crippen molar-refractivity contribution in [2.75, 3.05) is 19.9 Å². The molecule has 1 rings (SSSR count). The van der Waals surface area contributed by atoms with Crippen molar-refractivity contribution in [2.24, 2.45) is 17.4 Å². The van der Waals surface area contributed by atoms with Gasteiger partial charge in [0.05, 0.1) is 0 Å². The van der Waals surface area contributed by atoms with Crippen LogP contribution in [0.4, 0.5) is 0 Å². The highest BCUT2D eigenvalue weighted by Crippen LogP contribution is 2.26. The summed E-state index contributed by atoms with van der Waals surface area (Å²) in [7, 11) is 0. The Balaban J connectivity index is 2.08. The number of nitrogens with zero attached hydrogens (tertiary/aromatic N) is 1. The molecule has 60 valence electrons. The SMILES string of the molecule is NCN(CN)CC1CCC1. The second-order valence-corrected chi connectivity index (χ2v) is 3.02. The van der Waals surface area contributed by atoms with Crippen molar-refractivity contribution >= 4 is 0 Å². The number of hydrogen-bond donors (Lipinski definition) is 2. The van der Waals surface area contributed by atoms with Gasteiger partial charge in [-0.15, -0.1) is 0 Å². The van der Waals surface area contributed by atoms with Crippen molar-refractivity contribution in [1.29, 1.82) is 0 Å². The van der Waals surface area contributed by atoms with Crippen molar-refractivity contribution < 1.29 is 0 Å². The first-order valence-electron chi connectivity index (χ1n) is 3.99. The summed E-state index contributed by atoms with van der Waals surface area (Å²) in [5.41, 5.74) is 10.9. The summed E-state index contributed by atoms with van der Waals surface area (Å²) in [6, 6.07) is 0. The first-order chi connectivity index (χ1) is 4.86. The zero-order valence-electron chi connectivity index (χ0n) is 6.42. The van der Waals surface area contributed by atoms with Crippen LogP contribution in [0.15, 0.2) is 0 Å². The average molecular weight is 143 g/mol. The highest BCUT2D eigenvalue weighted by atomic mass is 15.2. The molecule has 0 unspecified atom stereocenters. The van der Waals surface area contributed by atoms with Crippen LogP contribution in [0.25, 0.3) is 0 Å². The predicted molar refractivity (Wildman–Crippen MR) is 42.2 cm³/mol. The Morgan fingerprint density at radius 1 is 1.20 bits per heavy atom. The van der Waals surface area contributed by atoms with Gasteiger partial charge in [-0.3, -0.25) is 4.90 Å². The molecule has 3 nitrogen and oxygen atoms in total. The molecule has 10 heavy (non-hydrogen) atoms. The highest BCUT2D eigenvalue weighted by Gasteiger charge is 2.18. The topological polar surface area (TPSA) is 55.3 Å². The number of rotatable bonds is 4. The van der Waals surface area contributed by atoms with E-state index in [-0.39, 0.29) is 0 Å². The Hall–Kier alpha value is -0.120. The molecule has 0 aromatic heterocycles. The van der Waals surface area contributed by atoms with Gasteiger partial charge in [-0.25, -0.2) is 0 Å². The lowest BCUT2D eigenvalue weighted by Gasteiger charge is -2.30. The van der Waals surface area contributed by atoms with Gasteiger partial charge in [-0.05, 0) is 18.8 Å². The van der Waals surface area contributed by atoms with E-state index >= 15 is 0 Å². The second-order valence-electron chi connectivity index (χ2n) is 3.02. The molecule has 0 atom stereocenters. The smallest absolute Gasteiger partial charge is 0.0467 e. The zero-order chi connectivity index (χ0) is 7.40. The third-order valence-corrected chi connectivity index (χ3v) is 2.26. The van der Waals surface area contributed by atoms with Gasteiger partial charge in [-0.2, -0.15) is 0 Å². The summed E-state index contributed by atoms with van der Waals surface area (Å²) in [4.78, 5) is 2.09. The van der Waals surface area contributed by atoms with E-state index < -0.39 is 0 Å². The number of nitrogens with two attached hydrogens (primary N) is 2. The summed E-state index contributed by atoms with van der Waals surface area (Å²) in [6.45, 7) is 2.31. The van der Waals surface area contributed by atoms with E-state index in [0.29, 0.717) is 13.3 Å². The maximum atomic E-state index is 5.46. The van der Waals surface area contributed by atoms with Gasteiger partial charge in [0.1, 0.15) is 0 Å². The van der Waals surface area contributed by atoms with Gasteiger partial charge in [0.15, 0.2) is 0 Å². The summed E-state index contributed by atoms with van der Waals surface area (Å²) in [6.07, 6.45) is 4.14. The lowest BCUT2D eigenvalue weighted by Crippen LogP contribution is -2.40. The molecule has 1 saturated carbocycles. The molecule has 0 spiro atoms. The third kappa shape index (κ3) is 1.94. The molecule has 1 aliphatic rings. The van der Waals surface area contributed by atoms with Gasteiger partial charge >= 0.3 is 0 Å². The minimum absolute atomic E-state index is 0.604. The Kier molecular flexibility index (Phi) is 3.12. The first kappa shape index (κ1) is 7.98. The van der Waals surface area contributed by atoms with E-state index in [2.05, 4.69) is 4.90 Å². The zero-order valence-corrected chi connectivity index (χ0v) is 6.42. The number of hydrogen-bond acceptors (Lipinski definition) is 3. The quantitative estimate of drug-likeness (QED) is 0.541. The molecule has 3 heteroatoms. The molecular formula is C7H17N3. The van der Waals surface area contributed by atoms with Crippen LogP contribution in [-0.2, 0) is 0 Å². The molecule has 0 amide bonds. The molecule has 0 saturated heterocycles. The average Bonchev–Trinajstić information content (AvgIpc) is 1.87. The van der Waals surface area contributed by atoms with E-state index in [4.69, 9.17) is 11.5 Å². The molecule has 0 bridgehead atoms. The monoisotopic (exact) mass is 143 g/mol. The van der Waals surface area contributed by atoms with Crippen LogP contribution in [0.2, 0.25) is 0 Å². The minimum Gasteiger partial charge on any atom is -0.318 e. The molecule has 0 radical (unpaired) electrons. The normalized spacial score (nSPS) is 19.5. The van der Waals surface area contributed by atoms with E-state index in [1.54, 1.807) is 0 Å². The molecule has 0 aromatic carbocycles. The van der Waals surface area contributed by atoms with Gasteiger partial charge in [0.2, 0.25) is 0 Å². The Morgan fingerprint density at radius 3 is 2.10 bits per heavy atom. The maximum Gasteiger partial charge on any atom is 0.0467 e. The van der Waals surface area contributed by atoms with Crippen LogP contribution < -0.4 is 11.5 Å². The van der Waals surface area contributed by atoms with Gasteiger partial charge in [-0.1, -0.05) is 6.42 Å². The largest absolute Gasteiger partial charge is 0.318 e. The molecule has 0 heterocycles. The van der Waals surface area contributed by atoms with Crippen molar-refractivity contribution in [1.82, 2.24) is 4.90 Å². The lowest BCUT2D eigenvalue weighted by atomic mass is 9.85. The fourth-order valence-corrected chi connectivity index (χ4v) is 1.26. The van der Waals surface area contributed by atoms with Crippen LogP contribution in [0.3, 0.4) is 0 Å². The molecule has 4 N–H and O–H groups in total. The van der Waals surface area contributed by atoms with E-state index in [0.717, 1.165) is 12.5 Å².